The summed E-state index contributed by atoms with van der Waals surface area (Å²) >= 11 is 0. The van der Waals surface area contributed by atoms with E-state index in [1.54, 1.807) is 18.2 Å². The summed E-state index contributed by atoms with van der Waals surface area (Å²) in [6.45, 7) is 15.0. The lowest BCUT2D eigenvalue weighted by atomic mass is 9.96. The topological polar surface area (TPSA) is 89.5 Å². The van der Waals surface area contributed by atoms with Gasteiger partial charge < -0.3 is 4.74 Å². The van der Waals surface area contributed by atoms with Crippen LogP contribution in [0.5, 0.6) is 5.75 Å². The number of aldehydes is 1. The van der Waals surface area contributed by atoms with Crippen molar-refractivity contribution in [3.05, 3.63) is 29.3 Å². The van der Waals surface area contributed by atoms with Crippen LogP contribution in [0.25, 0.3) is 0 Å². The molecule has 33 heavy (non-hydrogen) atoms. The van der Waals surface area contributed by atoms with Gasteiger partial charge >= 0.3 is 0 Å². The summed E-state index contributed by atoms with van der Waals surface area (Å²) in [5, 5.41) is 2.25. The summed E-state index contributed by atoms with van der Waals surface area (Å²) in [4.78, 5) is 44.3. The SMILES string of the molecule is CC.CC1CCC(=O)NC1=O.CCCC(=O)c1ccc(OCC(CC)CC(C)C)cc1C=O. The van der Waals surface area contributed by atoms with Gasteiger partial charge in [-0.3, -0.25) is 24.5 Å². The molecule has 186 valence electrons. The molecule has 2 amide bonds. The third kappa shape index (κ3) is 11.8. The Morgan fingerprint density at radius 3 is 2.36 bits per heavy atom. The number of piperidine rings is 1. The zero-order valence-electron chi connectivity index (χ0n) is 21.5. The maximum atomic E-state index is 12.0. The lowest BCUT2D eigenvalue weighted by Crippen LogP contribution is -2.39. The summed E-state index contributed by atoms with van der Waals surface area (Å²) < 4.78 is 5.83. The van der Waals surface area contributed by atoms with Crippen molar-refractivity contribution < 1.29 is 23.9 Å². The number of benzene rings is 1. The summed E-state index contributed by atoms with van der Waals surface area (Å²) in [7, 11) is 0. The second kappa shape index (κ2) is 17.0. The van der Waals surface area contributed by atoms with E-state index in [2.05, 4.69) is 26.1 Å². The van der Waals surface area contributed by atoms with Crippen molar-refractivity contribution in [1.82, 2.24) is 5.32 Å². The Morgan fingerprint density at radius 2 is 1.88 bits per heavy atom. The maximum Gasteiger partial charge on any atom is 0.229 e. The predicted molar refractivity (Wildman–Crippen MR) is 133 cm³/mol. The second-order valence-electron chi connectivity index (χ2n) is 8.61. The molecule has 1 N–H and O–H groups in total. The van der Waals surface area contributed by atoms with E-state index in [9.17, 15) is 19.2 Å². The Bertz CT molecular complexity index is 757. The highest BCUT2D eigenvalue weighted by molar-refractivity contribution is 6.03. The molecule has 1 aliphatic rings. The van der Waals surface area contributed by atoms with E-state index < -0.39 is 0 Å². The summed E-state index contributed by atoms with van der Waals surface area (Å²) in [5.41, 5.74) is 0.922. The van der Waals surface area contributed by atoms with Gasteiger partial charge in [0.1, 0.15) is 5.75 Å². The number of imide groups is 1. The Labute approximate surface area is 199 Å². The fraction of sp³-hybridized carbons (Fsp3) is 0.630. The minimum atomic E-state index is -0.141. The summed E-state index contributed by atoms with van der Waals surface area (Å²) in [6.07, 6.45) is 5.38. The molecule has 1 heterocycles. The molecule has 1 fully saturated rings. The number of carbonyl (C=O) groups is 4. The minimum Gasteiger partial charge on any atom is -0.493 e. The van der Waals surface area contributed by atoms with Gasteiger partial charge in [-0.1, -0.05) is 54.9 Å². The van der Waals surface area contributed by atoms with Gasteiger partial charge in [-0.25, -0.2) is 0 Å². The van der Waals surface area contributed by atoms with E-state index in [-0.39, 0.29) is 23.5 Å². The van der Waals surface area contributed by atoms with Crippen LogP contribution in [0.3, 0.4) is 0 Å². The highest BCUT2D eigenvalue weighted by atomic mass is 16.5. The van der Waals surface area contributed by atoms with E-state index in [1.807, 2.05) is 27.7 Å². The summed E-state index contributed by atoms with van der Waals surface area (Å²) in [6, 6.07) is 5.18. The van der Waals surface area contributed by atoms with Gasteiger partial charge in [-0.05, 0) is 49.3 Å². The number of Topliss-reactive ketones (excluding diaryl/α,β-unsaturated/α-hetero) is 1. The van der Waals surface area contributed by atoms with Gasteiger partial charge in [0.15, 0.2) is 12.1 Å². The molecule has 1 saturated heterocycles. The Hall–Kier alpha value is -2.50. The first-order chi connectivity index (χ1) is 15.7. The van der Waals surface area contributed by atoms with E-state index >= 15 is 0 Å². The van der Waals surface area contributed by atoms with E-state index in [4.69, 9.17) is 4.74 Å². The standard InChI is InChI=1S/C19H28O3.C6H9NO2.C2H6/c1-5-7-19(21)18-9-8-17(11-16(18)12-20)22-13-15(6-2)10-14(3)4;1-4-2-3-5(8)7-6(4)9;1-2/h8-9,11-12,14-15H,5-7,10,13H2,1-4H3;4H,2-3H2,1H3,(H,7,8,9);1-2H3. The van der Waals surface area contributed by atoms with Crippen molar-refractivity contribution in [3.63, 3.8) is 0 Å². The molecule has 1 aliphatic heterocycles. The molecule has 0 bridgehead atoms. The monoisotopic (exact) mass is 461 g/mol. The Kier molecular flexibility index (Phi) is 15.7. The maximum absolute atomic E-state index is 12.0. The van der Waals surface area contributed by atoms with Crippen molar-refractivity contribution in [2.45, 2.75) is 87.0 Å². The van der Waals surface area contributed by atoms with Crippen LogP contribution in [-0.4, -0.2) is 30.5 Å². The number of ether oxygens (including phenoxy) is 1. The highest BCUT2D eigenvalue weighted by Gasteiger charge is 2.21. The van der Waals surface area contributed by atoms with Crippen molar-refractivity contribution >= 4 is 23.9 Å². The molecule has 0 aliphatic carbocycles. The number of carbonyl (C=O) groups excluding carboxylic acids is 4. The first kappa shape index (κ1) is 30.5. The number of rotatable bonds is 10. The van der Waals surface area contributed by atoms with Crippen molar-refractivity contribution in [2.75, 3.05) is 6.61 Å². The van der Waals surface area contributed by atoms with Gasteiger partial charge in [-0.15, -0.1) is 0 Å². The van der Waals surface area contributed by atoms with Gasteiger partial charge in [0.05, 0.1) is 6.61 Å². The predicted octanol–water partition coefficient (Wildman–Crippen LogP) is 6.02. The minimum absolute atomic E-state index is 0.0161. The summed E-state index contributed by atoms with van der Waals surface area (Å²) in [5.74, 6) is 1.58. The smallest absolute Gasteiger partial charge is 0.229 e. The Morgan fingerprint density at radius 1 is 1.21 bits per heavy atom. The van der Waals surface area contributed by atoms with Gasteiger partial charge in [0.25, 0.3) is 0 Å². The molecule has 1 aromatic carbocycles. The molecule has 0 radical (unpaired) electrons. The number of nitrogens with one attached hydrogen (secondary N) is 1. The van der Waals surface area contributed by atoms with E-state index in [1.165, 1.54) is 0 Å². The van der Waals surface area contributed by atoms with Crippen LogP contribution < -0.4 is 10.1 Å². The fourth-order valence-corrected chi connectivity index (χ4v) is 3.38. The third-order valence-corrected chi connectivity index (χ3v) is 5.31. The normalized spacial score (nSPS) is 15.9. The molecule has 0 saturated carbocycles. The second-order valence-corrected chi connectivity index (χ2v) is 8.61. The van der Waals surface area contributed by atoms with Gasteiger partial charge in [0.2, 0.25) is 11.8 Å². The molecule has 0 spiro atoms. The van der Waals surface area contributed by atoms with Crippen LogP contribution in [0.1, 0.15) is 108 Å². The van der Waals surface area contributed by atoms with Crippen LogP contribution >= 0.6 is 0 Å². The third-order valence-electron chi connectivity index (χ3n) is 5.31. The molecule has 1 aromatic rings. The largest absolute Gasteiger partial charge is 0.493 e. The zero-order valence-corrected chi connectivity index (χ0v) is 21.5. The zero-order chi connectivity index (χ0) is 25.4. The molecule has 2 rings (SSSR count). The number of amides is 2. The molecule has 2 unspecified atom stereocenters. The quantitative estimate of drug-likeness (QED) is 0.261. The molecular weight excluding hydrogens is 418 g/mol. The Balaban J connectivity index is 0.000000770. The van der Waals surface area contributed by atoms with Crippen molar-refractivity contribution in [1.29, 1.82) is 0 Å². The number of ketones is 1. The van der Waals surface area contributed by atoms with Crippen LogP contribution in [0.15, 0.2) is 18.2 Å². The molecule has 6 heteroatoms. The lowest BCUT2D eigenvalue weighted by Gasteiger charge is -2.18. The molecular formula is C27H43NO5. The van der Waals surface area contributed by atoms with Crippen LogP contribution in [0, 0.1) is 17.8 Å². The fourth-order valence-electron chi connectivity index (χ4n) is 3.38. The van der Waals surface area contributed by atoms with Crippen LogP contribution in [0.4, 0.5) is 0 Å². The van der Waals surface area contributed by atoms with E-state index in [0.29, 0.717) is 54.6 Å². The van der Waals surface area contributed by atoms with Gasteiger partial charge in [-0.2, -0.15) is 0 Å². The highest BCUT2D eigenvalue weighted by Crippen LogP contribution is 2.21. The van der Waals surface area contributed by atoms with E-state index in [0.717, 1.165) is 25.5 Å². The first-order valence-electron chi connectivity index (χ1n) is 12.3. The van der Waals surface area contributed by atoms with Crippen molar-refractivity contribution in [2.24, 2.45) is 17.8 Å². The van der Waals surface area contributed by atoms with Crippen LogP contribution in [0.2, 0.25) is 0 Å². The van der Waals surface area contributed by atoms with Crippen LogP contribution in [-0.2, 0) is 9.59 Å². The first-order valence-corrected chi connectivity index (χ1v) is 12.3. The molecule has 6 nitrogen and oxygen atoms in total. The average molecular weight is 462 g/mol. The van der Waals surface area contributed by atoms with Gasteiger partial charge in [0, 0.05) is 29.9 Å². The number of hydrogen-bond donors (Lipinski definition) is 1. The lowest BCUT2D eigenvalue weighted by molar-refractivity contribution is -0.135. The number of hydrogen-bond acceptors (Lipinski definition) is 5. The average Bonchev–Trinajstić information content (AvgIpc) is 2.80. The molecule has 0 aromatic heterocycles. The van der Waals surface area contributed by atoms with Crippen molar-refractivity contribution in [3.8, 4) is 5.75 Å². The molecule has 2 atom stereocenters.